The lowest BCUT2D eigenvalue weighted by Crippen LogP contribution is -2.52. The molecule has 2 rings (SSSR count). The lowest BCUT2D eigenvalue weighted by atomic mass is 10.2. The molecule has 26 heavy (non-hydrogen) atoms. The Hall–Kier alpha value is -1.79. The number of nitrogens with zero attached hydrogens (tertiary/aromatic N) is 3. The van der Waals surface area contributed by atoms with Gasteiger partial charge in [0.1, 0.15) is 5.75 Å². The molecule has 0 atom stereocenters. The minimum Gasteiger partial charge on any atom is -0.484 e. The van der Waals surface area contributed by atoms with E-state index < -0.39 is 0 Å². The van der Waals surface area contributed by atoms with Gasteiger partial charge in [0.15, 0.2) is 6.61 Å². The van der Waals surface area contributed by atoms with Gasteiger partial charge in [-0.1, -0.05) is 11.6 Å². The van der Waals surface area contributed by atoms with E-state index in [1.54, 1.807) is 17.0 Å². The highest BCUT2D eigenvalue weighted by Gasteiger charge is 2.23. The topological polar surface area (TPSA) is 53.1 Å². The summed E-state index contributed by atoms with van der Waals surface area (Å²) in [7, 11) is 0. The third kappa shape index (κ3) is 5.61. The van der Waals surface area contributed by atoms with Gasteiger partial charge in [0, 0.05) is 44.3 Å². The van der Waals surface area contributed by atoms with Crippen LogP contribution < -0.4 is 4.74 Å². The van der Waals surface area contributed by atoms with E-state index in [1.165, 1.54) is 0 Å². The van der Waals surface area contributed by atoms with E-state index in [4.69, 9.17) is 16.3 Å². The summed E-state index contributed by atoms with van der Waals surface area (Å²) in [6.45, 7) is 10.4. The van der Waals surface area contributed by atoms with Crippen LogP contribution in [0.15, 0.2) is 18.2 Å². The van der Waals surface area contributed by atoms with Crippen molar-refractivity contribution >= 4 is 23.4 Å². The van der Waals surface area contributed by atoms with Crippen LogP contribution in [0.1, 0.15) is 19.4 Å². The van der Waals surface area contributed by atoms with Crippen LogP contribution in [-0.4, -0.2) is 78.9 Å². The number of hydrogen-bond acceptors (Lipinski definition) is 4. The second kappa shape index (κ2) is 9.78. The number of likely N-dealkylation sites (N-methyl/N-ethyl adjacent to an activating group) is 1. The van der Waals surface area contributed by atoms with Crippen molar-refractivity contribution in [3.63, 3.8) is 0 Å². The maximum absolute atomic E-state index is 12.3. The van der Waals surface area contributed by atoms with Gasteiger partial charge in [-0.3, -0.25) is 14.5 Å². The predicted octanol–water partition coefficient (Wildman–Crippen LogP) is 2.04. The molecule has 7 heteroatoms. The summed E-state index contributed by atoms with van der Waals surface area (Å²) in [5.74, 6) is 0.757. The Labute approximate surface area is 160 Å². The number of rotatable bonds is 7. The summed E-state index contributed by atoms with van der Waals surface area (Å²) < 4.78 is 5.58. The van der Waals surface area contributed by atoms with Crippen LogP contribution >= 0.6 is 11.6 Å². The lowest BCUT2D eigenvalue weighted by Gasteiger charge is -2.35. The van der Waals surface area contributed by atoms with Gasteiger partial charge in [-0.25, -0.2) is 0 Å². The summed E-state index contributed by atoms with van der Waals surface area (Å²) in [6, 6.07) is 5.36. The Morgan fingerprint density at radius 3 is 2.38 bits per heavy atom. The zero-order valence-corrected chi connectivity index (χ0v) is 16.6. The van der Waals surface area contributed by atoms with Crippen molar-refractivity contribution in [3.05, 3.63) is 28.8 Å². The molecule has 0 saturated carbocycles. The van der Waals surface area contributed by atoms with Gasteiger partial charge < -0.3 is 14.5 Å². The van der Waals surface area contributed by atoms with Crippen molar-refractivity contribution in [2.24, 2.45) is 0 Å². The molecular formula is C19H28ClN3O3. The van der Waals surface area contributed by atoms with E-state index >= 15 is 0 Å². The van der Waals surface area contributed by atoms with Gasteiger partial charge in [0.25, 0.3) is 5.91 Å². The van der Waals surface area contributed by atoms with Gasteiger partial charge in [0.2, 0.25) is 5.91 Å². The molecule has 0 aliphatic carbocycles. The second-order valence-corrected chi connectivity index (χ2v) is 6.83. The molecule has 1 fully saturated rings. The smallest absolute Gasteiger partial charge is 0.260 e. The van der Waals surface area contributed by atoms with Crippen LogP contribution in [0.3, 0.4) is 0 Å². The Bertz CT molecular complexity index is 626. The Morgan fingerprint density at radius 1 is 1.15 bits per heavy atom. The van der Waals surface area contributed by atoms with E-state index in [0.29, 0.717) is 43.5 Å². The first-order valence-electron chi connectivity index (χ1n) is 9.11. The second-order valence-electron chi connectivity index (χ2n) is 6.42. The maximum Gasteiger partial charge on any atom is 0.260 e. The molecule has 6 nitrogen and oxygen atoms in total. The van der Waals surface area contributed by atoms with Crippen molar-refractivity contribution in [2.45, 2.75) is 20.8 Å². The quantitative estimate of drug-likeness (QED) is 0.725. The Kier molecular flexibility index (Phi) is 7.72. The fourth-order valence-electron chi connectivity index (χ4n) is 2.97. The van der Waals surface area contributed by atoms with E-state index in [2.05, 4.69) is 4.90 Å². The highest BCUT2D eigenvalue weighted by atomic mass is 35.5. The van der Waals surface area contributed by atoms with Gasteiger partial charge in [-0.15, -0.1) is 0 Å². The number of halogens is 1. The number of carbonyl (C=O) groups is 2. The molecule has 0 bridgehead atoms. The fraction of sp³-hybridized carbons (Fsp3) is 0.579. The monoisotopic (exact) mass is 381 g/mol. The number of benzene rings is 1. The highest BCUT2D eigenvalue weighted by molar-refractivity contribution is 6.31. The number of piperazine rings is 1. The first-order chi connectivity index (χ1) is 12.4. The highest BCUT2D eigenvalue weighted by Crippen LogP contribution is 2.21. The third-order valence-electron chi connectivity index (χ3n) is 4.69. The largest absolute Gasteiger partial charge is 0.484 e. The molecule has 0 radical (unpaired) electrons. The number of amides is 2. The molecule has 1 aromatic rings. The van der Waals surface area contributed by atoms with Crippen molar-refractivity contribution in [2.75, 3.05) is 52.4 Å². The predicted molar refractivity (Wildman–Crippen MR) is 103 cm³/mol. The number of aryl methyl sites for hydroxylation is 1. The summed E-state index contributed by atoms with van der Waals surface area (Å²) in [6.07, 6.45) is 0. The minimum absolute atomic E-state index is 0.0133. The average molecular weight is 382 g/mol. The first-order valence-corrected chi connectivity index (χ1v) is 9.49. The van der Waals surface area contributed by atoms with Crippen LogP contribution in [0, 0.1) is 6.92 Å². The van der Waals surface area contributed by atoms with Crippen LogP contribution in [-0.2, 0) is 9.59 Å². The fourth-order valence-corrected chi connectivity index (χ4v) is 3.08. The molecule has 1 saturated heterocycles. The normalized spacial score (nSPS) is 15.0. The molecule has 2 amide bonds. The van der Waals surface area contributed by atoms with E-state index in [1.807, 2.05) is 31.7 Å². The van der Waals surface area contributed by atoms with Crippen LogP contribution in [0.4, 0.5) is 0 Å². The lowest BCUT2D eigenvalue weighted by molar-refractivity contribution is -0.136. The van der Waals surface area contributed by atoms with E-state index in [0.717, 1.165) is 18.7 Å². The molecule has 1 aliphatic rings. The SMILES string of the molecule is CCN(CC)C(=O)CN1CCN(C(=O)COc2ccc(Cl)c(C)c2)CC1. The van der Waals surface area contributed by atoms with Crippen molar-refractivity contribution in [1.82, 2.24) is 14.7 Å². The standard InChI is InChI=1S/C19H28ClN3O3/c1-4-22(5-2)18(24)13-21-8-10-23(11-9-21)19(25)14-26-16-6-7-17(20)15(3)12-16/h6-7,12H,4-5,8-11,13-14H2,1-3H3. The first kappa shape index (κ1) is 20.5. The number of ether oxygens (including phenoxy) is 1. The van der Waals surface area contributed by atoms with Crippen molar-refractivity contribution in [3.8, 4) is 5.75 Å². The van der Waals surface area contributed by atoms with Gasteiger partial charge >= 0.3 is 0 Å². The Balaban J connectivity index is 1.75. The van der Waals surface area contributed by atoms with Crippen LogP contribution in [0.25, 0.3) is 0 Å². The zero-order chi connectivity index (χ0) is 19.1. The molecule has 0 N–H and O–H groups in total. The van der Waals surface area contributed by atoms with Gasteiger partial charge in [-0.2, -0.15) is 0 Å². The Morgan fingerprint density at radius 2 is 1.81 bits per heavy atom. The maximum atomic E-state index is 12.3. The van der Waals surface area contributed by atoms with Crippen LogP contribution in [0.5, 0.6) is 5.75 Å². The van der Waals surface area contributed by atoms with Crippen molar-refractivity contribution < 1.29 is 14.3 Å². The number of hydrogen-bond donors (Lipinski definition) is 0. The summed E-state index contributed by atoms with van der Waals surface area (Å²) in [4.78, 5) is 30.2. The number of carbonyl (C=O) groups excluding carboxylic acids is 2. The summed E-state index contributed by atoms with van der Waals surface area (Å²) >= 11 is 5.99. The van der Waals surface area contributed by atoms with Crippen molar-refractivity contribution in [1.29, 1.82) is 0 Å². The molecular weight excluding hydrogens is 354 g/mol. The van der Waals surface area contributed by atoms with E-state index in [9.17, 15) is 9.59 Å². The van der Waals surface area contributed by atoms with Crippen LogP contribution in [0.2, 0.25) is 5.02 Å². The van der Waals surface area contributed by atoms with E-state index in [-0.39, 0.29) is 18.4 Å². The zero-order valence-electron chi connectivity index (χ0n) is 15.8. The average Bonchev–Trinajstić information content (AvgIpc) is 2.64. The van der Waals surface area contributed by atoms with Gasteiger partial charge in [0.05, 0.1) is 6.54 Å². The summed E-state index contributed by atoms with van der Waals surface area (Å²) in [5.41, 5.74) is 0.920. The molecule has 0 spiro atoms. The third-order valence-corrected chi connectivity index (χ3v) is 5.12. The molecule has 0 unspecified atom stereocenters. The van der Waals surface area contributed by atoms with Gasteiger partial charge in [-0.05, 0) is 44.5 Å². The summed E-state index contributed by atoms with van der Waals surface area (Å²) in [5, 5.41) is 0.680. The molecule has 0 aromatic heterocycles. The minimum atomic E-state index is -0.0349. The molecule has 144 valence electrons. The molecule has 1 aliphatic heterocycles. The molecule has 1 heterocycles. The molecule has 1 aromatic carbocycles.